The highest BCUT2D eigenvalue weighted by Gasteiger charge is 2.17. The van der Waals surface area contributed by atoms with Gasteiger partial charge in [-0.3, -0.25) is 9.48 Å². The number of rotatable bonds is 5. The average molecular weight is 260 g/mol. The smallest absolute Gasteiger partial charge is 0.268 e. The lowest BCUT2D eigenvalue weighted by Gasteiger charge is -2.16. The van der Waals surface area contributed by atoms with Crippen LogP contribution in [0.4, 0.5) is 0 Å². The van der Waals surface area contributed by atoms with Gasteiger partial charge in [-0.05, 0) is 31.0 Å². The molecule has 2 rings (SSSR count). The molecule has 0 fully saturated rings. The Morgan fingerprint density at radius 3 is 2.74 bits per heavy atom. The summed E-state index contributed by atoms with van der Waals surface area (Å²) >= 11 is 0. The number of aromatic nitrogens is 3. The van der Waals surface area contributed by atoms with Gasteiger partial charge in [-0.25, -0.2) is 0 Å². The Bertz CT molecular complexity index is 555. The van der Waals surface area contributed by atoms with Crippen LogP contribution in [-0.2, 0) is 13.5 Å². The molecule has 0 bridgehead atoms. The van der Waals surface area contributed by atoms with Crippen molar-refractivity contribution < 1.29 is 4.79 Å². The van der Waals surface area contributed by atoms with E-state index in [1.54, 1.807) is 10.9 Å². The van der Waals surface area contributed by atoms with Crippen LogP contribution in [0.1, 0.15) is 48.2 Å². The van der Waals surface area contributed by atoms with E-state index >= 15 is 0 Å². The summed E-state index contributed by atoms with van der Waals surface area (Å²) in [6, 6.07) is 5.68. The lowest BCUT2D eigenvalue weighted by molar-refractivity contribution is 0.0929. The van der Waals surface area contributed by atoms with Crippen molar-refractivity contribution in [3.8, 4) is 0 Å². The van der Waals surface area contributed by atoms with Crippen molar-refractivity contribution in [3.05, 3.63) is 41.5 Å². The van der Waals surface area contributed by atoms with E-state index in [1.165, 1.54) is 0 Å². The van der Waals surface area contributed by atoms with Crippen molar-refractivity contribution in [2.45, 2.75) is 32.7 Å². The zero-order chi connectivity index (χ0) is 13.8. The first-order chi connectivity index (χ1) is 9.15. The number of hydrogen-bond acceptors (Lipinski definition) is 2. The minimum Gasteiger partial charge on any atom is -0.354 e. The number of nitrogens with zero attached hydrogens (tertiary/aromatic N) is 2. The summed E-state index contributed by atoms with van der Waals surface area (Å²) in [6.45, 7) is 4.10. The Kier molecular flexibility index (Phi) is 4.04. The molecular weight excluding hydrogens is 240 g/mol. The van der Waals surface area contributed by atoms with Gasteiger partial charge in [0, 0.05) is 18.9 Å². The highest BCUT2D eigenvalue weighted by Crippen LogP contribution is 2.16. The van der Waals surface area contributed by atoms with Gasteiger partial charge in [0.15, 0.2) is 0 Å². The maximum atomic E-state index is 12.2. The molecule has 1 atom stereocenters. The van der Waals surface area contributed by atoms with Gasteiger partial charge < -0.3 is 10.3 Å². The molecule has 2 N–H and O–H groups in total. The highest BCUT2D eigenvalue weighted by atomic mass is 16.1. The molecule has 0 aliphatic rings. The fourth-order valence-corrected chi connectivity index (χ4v) is 2.13. The quantitative estimate of drug-likeness (QED) is 0.865. The van der Waals surface area contributed by atoms with Crippen molar-refractivity contribution in [3.63, 3.8) is 0 Å². The Morgan fingerprint density at radius 1 is 1.42 bits per heavy atom. The number of carbonyl (C=O) groups excluding carboxylic acids is 1. The second kappa shape index (κ2) is 5.73. The van der Waals surface area contributed by atoms with E-state index in [9.17, 15) is 4.79 Å². The molecule has 0 unspecified atom stereocenters. The highest BCUT2D eigenvalue weighted by molar-refractivity contribution is 5.92. The molecule has 5 nitrogen and oxygen atoms in total. The summed E-state index contributed by atoms with van der Waals surface area (Å²) < 4.78 is 1.79. The minimum absolute atomic E-state index is 0.0200. The summed E-state index contributed by atoms with van der Waals surface area (Å²) in [6.07, 6.45) is 3.47. The van der Waals surface area contributed by atoms with Gasteiger partial charge in [0.25, 0.3) is 5.91 Å². The Morgan fingerprint density at radius 2 is 2.21 bits per heavy atom. The zero-order valence-corrected chi connectivity index (χ0v) is 11.6. The third kappa shape index (κ3) is 2.86. The van der Waals surface area contributed by atoms with Crippen molar-refractivity contribution in [1.82, 2.24) is 20.1 Å². The molecule has 5 heteroatoms. The predicted octanol–water partition coefficient (Wildman–Crippen LogP) is 2.19. The lowest BCUT2D eigenvalue weighted by Crippen LogP contribution is -2.29. The number of nitrogens with one attached hydrogen (secondary N) is 2. The third-order valence-electron chi connectivity index (χ3n) is 3.30. The van der Waals surface area contributed by atoms with E-state index in [4.69, 9.17) is 0 Å². The SMILES string of the molecule is CCc1ccc(C(=O)N[C@@H](CC)c2ccnn2C)[nH]1. The normalized spacial score (nSPS) is 12.4. The van der Waals surface area contributed by atoms with E-state index in [0.29, 0.717) is 5.69 Å². The molecule has 2 aromatic heterocycles. The van der Waals surface area contributed by atoms with Gasteiger partial charge in [0.2, 0.25) is 0 Å². The first kappa shape index (κ1) is 13.4. The van der Waals surface area contributed by atoms with Crippen LogP contribution in [0, 0.1) is 0 Å². The van der Waals surface area contributed by atoms with Crippen LogP contribution in [0.2, 0.25) is 0 Å². The minimum atomic E-state index is -0.0762. The Balaban J connectivity index is 2.10. The molecule has 1 amide bonds. The summed E-state index contributed by atoms with van der Waals surface area (Å²) in [4.78, 5) is 15.3. The number of carbonyl (C=O) groups is 1. The van der Waals surface area contributed by atoms with Gasteiger partial charge in [-0.1, -0.05) is 13.8 Å². The maximum Gasteiger partial charge on any atom is 0.268 e. The average Bonchev–Trinajstić information content (AvgIpc) is 3.04. The van der Waals surface area contributed by atoms with Crippen LogP contribution >= 0.6 is 0 Å². The molecule has 0 aliphatic heterocycles. The summed E-state index contributed by atoms with van der Waals surface area (Å²) in [5.74, 6) is -0.0762. The van der Waals surface area contributed by atoms with Crippen LogP contribution in [0.5, 0.6) is 0 Å². The largest absolute Gasteiger partial charge is 0.354 e. The molecular formula is C14H20N4O. The molecule has 0 spiro atoms. The van der Waals surface area contributed by atoms with Crippen LogP contribution in [0.3, 0.4) is 0 Å². The number of hydrogen-bond donors (Lipinski definition) is 2. The monoisotopic (exact) mass is 260 g/mol. The maximum absolute atomic E-state index is 12.2. The van der Waals surface area contributed by atoms with Gasteiger partial charge >= 0.3 is 0 Å². The fourth-order valence-electron chi connectivity index (χ4n) is 2.13. The summed E-state index contributed by atoms with van der Waals surface area (Å²) in [5.41, 5.74) is 2.69. The van der Waals surface area contributed by atoms with Gasteiger partial charge in [-0.2, -0.15) is 5.10 Å². The van der Waals surface area contributed by atoms with Crippen LogP contribution in [0.15, 0.2) is 24.4 Å². The lowest BCUT2D eigenvalue weighted by atomic mass is 10.1. The molecule has 102 valence electrons. The summed E-state index contributed by atoms with van der Waals surface area (Å²) in [5, 5.41) is 7.17. The molecule has 0 saturated carbocycles. The molecule has 0 radical (unpaired) electrons. The van der Waals surface area contributed by atoms with Crippen molar-refractivity contribution in [2.24, 2.45) is 7.05 Å². The van der Waals surface area contributed by atoms with Crippen LogP contribution in [0.25, 0.3) is 0 Å². The standard InChI is InChI=1S/C14H20N4O/c1-4-10-6-7-12(16-10)14(19)17-11(5-2)13-8-9-15-18(13)3/h6-9,11,16H,4-5H2,1-3H3,(H,17,19)/t11-/m0/s1. The van der Waals surface area contributed by atoms with Crippen molar-refractivity contribution in [2.75, 3.05) is 0 Å². The number of amides is 1. The van der Waals surface area contributed by atoms with E-state index < -0.39 is 0 Å². The fraction of sp³-hybridized carbons (Fsp3) is 0.429. The number of aromatic amines is 1. The molecule has 19 heavy (non-hydrogen) atoms. The van der Waals surface area contributed by atoms with E-state index in [2.05, 4.69) is 22.3 Å². The first-order valence-electron chi connectivity index (χ1n) is 6.62. The van der Waals surface area contributed by atoms with Crippen molar-refractivity contribution >= 4 is 5.91 Å². The Labute approximate surface area is 113 Å². The van der Waals surface area contributed by atoms with Crippen LogP contribution in [-0.4, -0.2) is 20.7 Å². The second-order valence-corrected chi connectivity index (χ2v) is 4.56. The van der Waals surface area contributed by atoms with E-state index in [-0.39, 0.29) is 11.9 Å². The third-order valence-corrected chi connectivity index (χ3v) is 3.30. The van der Waals surface area contributed by atoms with Crippen LogP contribution < -0.4 is 5.32 Å². The van der Waals surface area contributed by atoms with Gasteiger partial charge in [0.05, 0.1) is 11.7 Å². The first-order valence-corrected chi connectivity index (χ1v) is 6.62. The van der Waals surface area contributed by atoms with Gasteiger partial charge in [0.1, 0.15) is 5.69 Å². The molecule has 2 heterocycles. The number of H-pyrrole nitrogens is 1. The molecule has 0 aromatic carbocycles. The summed E-state index contributed by atoms with van der Waals surface area (Å²) in [7, 11) is 1.88. The topological polar surface area (TPSA) is 62.7 Å². The predicted molar refractivity (Wildman–Crippen MR) is 73.9 cm³/mol. The molecule has 0 saturated heterocycles. The molecule has 0 aliphatic carbocycles. The number of aryl methyl sites for hydroxylation is 2. The van der Waals surface area contributed by atoms with E-state index in [1.807, 2.05) is 32.2 Å². The molecule has 2 aromatic rings. The van der Waals surface area contributed by atoms with E-state index in [0.717, 1.165) is 24.2 Å². The van der Waals surface area contributed by atoms with Gasteiger partial charge in [-0.15, -0.1) is 0 Å². The Hall–Kier alpha value is -2.04. The second-order valence-electron chi connectivity index (χ2n) is 4.56. The van der Waals surface area contributed by atoms with Crippen molar-refractivity contribution in [1.29, 1.82) is 0 Å². The zero-order valence-electron chi connectivity index (χ0n) is 11.6.